The maximum absolute atomic E-state index is 7.28. The third-order valence-corrected chi connectivity index (χ3v) is 2.58. The lowest BCUT2D eigenvalue weighted by Gasteiger charge is -2.06. The number of amidine groups is 1. The first kappa shape index (κ1) is 12.1. The summed E-state index contributed by atoms with van der Waals surface area (Å²) in [7, 11) is 0. The Bertz CT molecular complexity index is 549. The fourth-order valence-electron chi connectivity index (χ4n) is 1.55. The van der Waals surface area contributed by atoms with Gasteiger partial charge in [0.05, 0.1) is 0 Å². The molecule has 2 aromatic rings. The van der Waals surface area contributed by atoms with Crippen LogP contribution in [0.25, 0.3) is 0 Å². The molecule has 0 saturated carbocycles. The first-order valence-corrected chi connectivity index (χ1v) is 5.76. The van der Waals surface area contributed by atoms with E-state index in [1.54, 1.807) is 12.1 Å². The predicted octanol–water partition coefficient (Wildman–Crippen LogP) is 2.72. The summed E-state index contributed by atoms with van der Waals surface area (Å²) in [5.74, 6) is 1.26. The minimum atomic E-state index is 0.00188. The molecule has 0 saturated heterocycles. The zero-order chi connectivity index (χ0) is 13.0. The van der Waals surface area contributed by atoms with Gasteiger partial charge < -0.3 is 10.5 Å². The lowest BCUT2D eigenvalue weighted by molar-refractivity contribution is 0.462. The Morgan fingerprint density at radius 2 is 2.17 bits per heavy atom. The summed E-state index contributed by atoms with van der Waals surface area (Å²) in [4.78, 5) is 4.11. The fourth-order valence-corrected chi connectivity index (χ4v) is 1.55. The maximum atomic E-state index is 7.28. The van der Waals surface area contributed by atoms with E-state index < -0.39 is 0 Å². The molecular formula is C14H15N3O. The number of benzene rings is 1. The number of nitrogens with zero attached hydrogens (tertiary/aromatic N) is 1. The van der Waals surface area contributed by atoms with Gasteiger partial charge in [0, 0.05) is 17.8 Å². The van der Waals surface area contributed by atoms with Gasteiger partial charge in [0.2, 0.25) is 5.88 Å². The second kappa shape index (κ2) is 5.31. The van der Waals surface area contributed by atoms with Gasteiger partial charge in [0.25, 0.3) is 0 Å². The normalized spacial score (nSPS) is 10.1. The van der Waals surface area contributed by atoms with Crippen molar-refractivity contribution in [3.05, 3.63) is 53.7 Å². The quantitative estimate of drug-likeness (QED) is 0.638. The molecule has 0 aliphatic heterocycles. The van der Waals surface area contributed by atoms with Crippen molar-refractivity contribution >= 4 is 5.84 Å². The lowest BCUT2D eigenvalue weighted by atomic mass is 10.2. The van der Waals surface area contributed by atoms with E-state index in [1.165, 1.54) is 11.8 Å². The summed E-state index contributed by atoms with van der Waals surface area (Å²) < 4.78 is 5.63. The van der Waals surface area contributed by atoms with Gasteiger partial charge in [-0.2, -0.15) is 0 Å². The number of pyridine rings is 1. The smallest absolute Gasteiger partial charge is 0.219 e. The lowest BCUT2D eigenvalue weighted by Crippen LogP contribution is -2.11. The Morgan fingerprint density at radius 1 is 1.33 bits per heavy atom. The SMILES string of the molecule is CCc1cccc(Oc2ccc(C(=N)N)cn2)c1. The van der Waals surface area contributed by atoms with E-state index in [1.807, 2.05) is 18.2 Å². The summed E-state index contributed by atoms with van der Waals surface area (Å²) in [5.41, 5.74) is 7.16. The predicted molar refractivity (Wildman–Crippen MR) is 71.1 cm³/mol. The van der Waals surface area contributed by atoms with Gasteiger partial charge in [0.15, 0.2) is 0 Å². The number of aromatic nitrogens is 1. The summed E-state index contributed by atoms with van der Waals surface area (Å²) in [6.45, 7) is 2.10. The van der Waals surface area contributed by atoms with E-state index in [2.05, 4.69) is 18.0 Å². The highest BCUT2D eigenvalue weighted by atomic mass is 16.5. The van der Waals surface area contributed by atoms with E-state index >= 15 is 0 Å². The van der Waals surface area contributed by atoms with Crippen molar-refractivity contribution in [1.82, 2.24) is 4.98 Å². The molecule has 0 unspecified atom stereocenters. The maximum Gasteiger partial charge on any atom is 0.219 e. The highest BCUT2D eigenvalue weighted by molar-refractivity contribution is 5.94. The van der Waals surface area contributed by atoms with Crippen molar-refractivity contribution < 1.29 is 4.74 Å². The minimum Gasteiger partial charge on any atom is -0.439 e. The van der Waals surface area contributed by atoms with Crippen LogP contribution in [0, 0.1) is 5.41 Å². The zero-order valence-corrected chi connectivity index (χ0v) is 10.2. The number of rotatable bonds is 4. The first-order valence-electron chi connectivity index (χ1n) is 5.76. The van der Waals surface area contributed by atoms with Crippen molar-refractivity contribution in [2.24, 2.45) is 5.73 Å². The van der Waals surface area contributed by atoms with Crippen LogP contribution in [0.3, 0.4) is 0 Å². The molecule has 0 aliphatic rings. The van der Waals surface area contributed by atoms with Crippen LogP contribution in [-0.2, 0) is 6.42 Å². The molecule has 18 heavy (non-hydrogen) atoms. The number of hydrogen-bond donors (Lipinski definition) is 2. The highest BCUT2D eigenvalue weighted by Gasteiger charge is 2.01. The molecule has 0 spiro atoms. The molecule has 4 heteroatoms. The fraction of sp³-hybridized carbons (Fsp3) is 0.143. The van der Waals surface area contributed by atoms with Crippen LogP contribution in [0.2, 0.25) is 0 Å². The van der Waals surface area contributed by atoms with Crippen molar-refractivity contribution in [1.29, 1.82) is 5.41 Å². The van der Waals surface area contributed by atoms with Crippen molar-refractivity contribution in [2.45, 2.75) is 13.3 Å². The minimum absolute atomic E-state index is 0.00188. The number of nitrogens with two attached hydrogens (primary N) is 1. The molecule has 1 aromatic carbocycles. The number of nitrogen functional groups attached to an aromatic ring is 1. The van der Waals surface area contributed by atoms with Gasteiger partial charge in [-0.25, -0.2) is 4.98 Å². The first-order chi connectivity index (χ1) is 8.69. The molecule has 1 aromatic heterocycles. The van der Waals surface area contributed by atoms with E-state index in [9.17, 15) is 0 Å². The zero-order valence-electron chi connectivity index (χ0n) is 10.2. The topological polar surface area (TPSA) is 72.0 Å². The molecule has 0 aliphatic carbocycles. The number of ether oxygens (including phenoxy) is 1. The van der Waals surface area contributed by atoms with Crippen molar-refractivity contribution in [2.75, 3.05) is 0 Å². The Hall–Kier alpha value is -2.36. The summed E-state index contributed by atoms with van der Waals surface area (Å²) in [6, 6.07) is 11.3. The summed E-state index contributed by atoms with van der Waals surface area (Å²) in [6.07, 6.45) is 2.50. The van der Waals surface area contributed by atoms with Crippen LogP contribution in [0.4, 0.5) is 0 Å². The highest BCUT2D eigenvalue weighted by Crippen LogP contribution is 2.20. The molecule has 4 nitrogen and oxygen atoms in total. The Labute approximate surface area is 106 Å². The van der Waals surface area contributed by atoms with Crippen molar-refractivity contribution in [3.63, 3.8) is 0 Å². The van der Waals surface area contributed by atoms with Crippen LogP contribution in [0.1, 0.15) is 18.1 Å². The van der Waals surface area contributed by atoms with Gasteiger partial charge in [-0.1, -0.05) is 19.1 Å². The van der Waals surface area contributed by atoms with Gasteiger partial charge in [-0.15, -0.1) is 0 Å². The molecule has 0 radical (unpaired) electrons. The molecular weight excluding hydrogens is 226 g/mol. The van der Waals surface area contributed by atoms with E-state index in [4.69, 9.17) is 15.9 Å². The van der Waals surface area contributed by atoms with E-state index in [0.717, 1.165) is 12.2 Å². The monoisotopic (exact) mass is 241 g/mol. The number of hydrogen-bond acceptors (Lipinski definition) is 3. The van der Waals surface area contributed by atoms with Gasteiger partial charge in [-0.3, -0.25) is 5.41 Å². The Balaban J connectivity index is 2.15. The van der Waals surface area contributed by atoms with E-state index in [-0.39, 0.29) is 5.84 Å². The second-order valence-electron chi connectivity index (χ2n) is 3.90. The van der Waals surface area contributed by atoms with Crippen LogP contribution >= 0.6 is 0 Å². The number of aryl methyl sites for hydroxylation is 1. The molecule has 0 amide bonds. The standard InChI is InChI=1S/C14H15N3O/c1-2-10-4-3-5-12(8-10)18-13-7-6-11(9-17-13)14(15)16/h3-9H,2H2,1H3,(H3,15,16). The second-order valence-corrected chi connectivity index (χ2v) is 3.90. The van der Waals surface area contributed by atoms with Crippen LogP contribution < -0.4 is 10.5 Å². The molecule has 1 heterocycles. The third-order valence-electron chi connectivity index (χ3n) is 2.58. The molecule has 0 bridgehead atoms. The van der Waals surface area contributed by atoms with Crippen LogP contribution in [0.15, 0.2) is 42.6 Å². The Kier molecular flexibility index (Phi) is 3.57. The average Bonchev–Trinajstić information content (AvgIpc) is 2.39. The molecule has 2 rings (SSSR count). The molecule has 92 valence electrons. The molecule has 0 fully saturated rings. The van der Waals surface area contributed by atoms with Crippen molar-refractivity contribution in [3.8, 4) is 11.6 Å². The summed E-state index contributed by atoms with van der Waals surface area (Å²) in [5, 5.41) is 7.28. The average molecular weight is 241 g/mol. The number of nitrogens with one attached hydrogen (secondary N) is 1. The van der Waals surface area contributed by atoms with Gasteiger partial charge in [0.1, 0.15) is 11.6 Å². The third kappa shape index (κ3) is 2.85. The van der Waals surface area contributed by atoms with E-state index in [0.29, 0.717) is 11.4 Å². The largest absolute Gasteiger partial charge is 0.439 e. The van der Waals surface area contributed by atoms with Crippen LogP contribution in [0.5, 0.6) is 11.6 Å². The summed E-state index contributed by atoms with van der Waals surface area (Å²) >= 11 is 0. The van der Waals surface area contributed by atoms with Gasteiger partial charge in [-0.05, 0) is 30.2 Å². The molecule has 3 N–H and O–H groups in total. The Morgan fingerprint density at radius 3 is 2.78 bits per heavy atom. The molecule has 0 atom stereocenters. The van der Waals surface area contributed by atoms with Crippen LogP contribution in [-0.4, -0.2) is 10.8 Å². The van der Waals surface area contributed by atoms with Gasteiger partial charge >= 0.3 is 0 Å².